The Morgan fingerprint density at radius 2 is 2.25 bits per heavy atom. The summed E-state index contributed by atoms with van der Waals surface area (Å²) in [6.45, 7) is 2.63. The number of nitrogens with zero attached hydrogens (tertiary/aromatic N) is 2. The van der Waals surface area contributed by atoms with Crippen LogP contribution in [0.25, 0.3) is 10.9 Å². The van der Waals surface area contributed by atoms with Crippen LogP contribution in [-0.4, -0.2) is 46.6 Å². The summed E-state index contributed by atoms with van der Waals surface area (Å²) in [6, 6.07) is 9.69. The molecule has 142 valence electrons. The van der Waals surface area contributed by atoms with E-state index in [2.05, 4.69) is 6.08 Å². The Morgan fingerprint density at radius 3 is 3.11 bits per heavy atom. The van der Waals surface area contributed by atoms with Crippen molar-refractivity contribution in [1.82, 2.24) is 9.88 Å². The summed E-state index contributed by atoms with van der Waals surface area (Å²) in [6.07, 6.45) is 4.41. The van der Waals surface area contributed by atoms with Gasteiger partial charge in [0.1, 0.15) is 5.60 Å². The van der Waals surface area contributed by atoms with Gasteiger partial charge >= 0.3 is 5.97 Å². The van der Waals surface area contributed by atoms with Crippen LogP contribution in [0.2, 0.25) is 0 Å². The van der Waals surface area contributed by atoms with Crippen LogP contribution in [0.4, 0.5) is 0 Å². The molecule has 0 unspecified atom stereocenters. The van der Waals surface area contributed by atoms with Gasteiger partial charge in [-0.05, 0) is 25.5 Å². The number of hydrogen-bond donors (Lipinski definition) is 0. The molecule has 4 aliphatic heterocycles. The maximum absolute atomic E-state index is 13.2. The fourth-order valence-corrected chi connectivity index (χ4v) is 5.54. The number of aromatic nitrogens is 1. The zero-order valence-electron chi connectivity index (χ0n) is 15.5. The molecule has 2 aromatic rings. The normalized spacial score (nSPS) is 34.5. The van der Waals surface area contributed by atoms with Crippen molar-refractivity contribution in [2.75, 3.05) is 13.2 Å². The Hall–Kier alpha value is -2.73. The van der Waals surface area contributed by atoms with E-state index < -0.39 is 5.60 Å². The first-order chi connectivity index (χ1) is 13.6. The van der Waals surface area contributed by atoms with Crippen LogP contribution < -0.4 is 0 Å². The quantitative estimate of drug-likeness (QED) is 0.595. The number of para-hydroxylation sites is 1. The van der Waals surface area contributed by atoms with Crippen LogP contribution in [0.5, 0.6) is 0 Å². The molecule has 6 rings (SSSR count). The van der Waals surface area contributed by atoms with E-state index in [1.165, 1.54) is 0 Å². The molecule has 2 saturated heterocycles. The van der Waals surface area contributed by atoms with E-state index in [1.54, 1.807) is 0 Å². The van der Waals surface area contributed by atoms with Crippen molar-refractivity contribution in [3.8, 4) is 0 Å². The molecule has 0 N–H and O–H groups in total. The lowest BCUT2D eigenvalue weighted by atomic mass is 9.69. The van der Waals surface area contributed by atoms with Gasteiger partial charge in [-0.15, -0.1) is 0 Å². The molecule has 1 amide bonds. The molecule has 2 fully saturated rings. The Morgan fingerprint density at radius 1 is 1.39 bits per heavy atom. The van der Waals surface area contributed by atoms with E-state index in [9.17, 15) is 9.59 Å². The molecule has 5 heterocycles. The summed E-state index contributed by atoms with van der Waals surface area (Å²) in [7, 11) is 0. The van der Waals surface area contributed by atoms with Crippen molar-refractivity contribution in [3.63, 3.8) is 0 Å². The molecule has 2 bridgehead atoms. The summed E-state index contributed by atoms with van der Waals surface area (Å²) in [5.74, 6) is -0.513. The second-order valence-electron chi connectivity index (χ2n) is 8.08. The third kappa shape index (κ3) is 1.93. The summed E-state index contributed by atoms with van der Waals surface area (Å²) < 4.78 is 11.6. The average Bonchev–Trinajstić information content (AvgIpc) is 3.33. The van der Waals surface area contributed by atoms with Crippen LogP contribution in [-0.2, 0) is 14.3 Å². The fourth-order valence-electron chi connectivity index (χ4n) is 5.54. The van der Waals surface area contributed by atoms with E-state index >= 15 is 0 Å². The SMILES string of the molecule is CCOC(=O)[C@@H]1[C@H]2C=C[C@]3(CN4C(=O)c5cc6ccccc6nc5[C@H]4C[C@@H]13)O2. The van der Waals surface area contributed by atoms with E-state index in [0.29, 0.717) is 25.1 Å². The minimum Gasteiger partial charge on any atom is -0.466 e. The van der Waals surface area contributed by atoms with Gasteiger partial charge in [-0.1, -0.05) is 30.4 Å². The van der Waals surface area contributed by atoms with Gasteiger partial charge in [0, 0.05) is 11.3 Å². The van der Waals surface area contributed by atoms with E-state index in [-0.39, 0.29) is 35.9 Å². The number of carbonyl (C=O) groups excluding carboxylic acids is 2. The number of piperidine rings is 1. The van der Waals surface area contributed by atoms with Crippen LogP contribution in [0.15, 0.2) is 42.5 Å². The maximum atomic E-state index is 13.2. The zero-order valence-corrected chi connectivity index (χ0v) is 15.5. The van der Waals surface area contributed by atoms with Crippen molar-refractivity contribution in [1.29, 1.82) is 0 Å². The number of fused-ring (bicyclic) bond motifs is 5. The minimum absolute atomic E-state index is 0.00480. The first kappa shape index (κ1) is 16.2. The smallest absolute Gasteiger partial charge is 0.312 e. The van der Waals surface area contributed by atoms with Gasteiger partial charge in [-0.3, -0.25) is 9.59 Å². The van der Waals surface area contributed by atoms with Crippen molar-refractivity contribution >= 4 is 22.8 Å². The largest absolute Gasteiger partial charge is 0.466 e. The highest BCUT2D eigenvalue weighted by atomic mass is 16.6. The topological polar surface area (TPSA) is 68.7 Å². The lowest BCUT2D eigenvalue weighted by molar-refractivity contribution is -0.150. The van der Waals surface area contributed by atoms with Crippen LogP contribution in [0.1, 0.15) is 35.4 Å². The molecular formula is C22H20N2O4. The maximum Gasteiger partial charge on any atom is 0.312 e. The Bertz CT molecular complexity index is 1060. The third-order valence-corrected chi connectivity index (χ3v) is 6.73. The lowest BCUT2D eigenvalue weighted by Crippen LogP contribution is -2.53. The number of amides is 1. The number of esters is 1. The Kier molecular flexibility index (Phi) is 3.14. The first-order valence-corrected chi connectivity index (χ1v) is 9.86. The number of carbonyl (C=O) groups is 2. The lowest BCUT2D eigenvalue weighted by Gasteiger charge is -2.44. The van der Waals surface area contributed by atoms with Crippen LogP contribution >= 0.6 is 0 Å². The molecular weight excluding hydrogens is 356 g/mol. The van der Waals surface area contributed by atoms with E-state index in [4.69, 9.17) is 14.5 Å². The molecule has 4 aliphatic rings. The van der Waals surface area contributed by atoms with Crippen molar-refractivity contribution in [3.05, 3.63) is 53.7 Å². The minimum atomic E-state index is -0.588. The van der Waals surface area contributed by atoms with Crippen molar-refractivity contribution < 1.29 is 19.1 Å². The highest BCUT2D eigenvalue weighted by Gasteiger charge is 2.64. The second-order valence-corrected chi connectivity index (χ2v) is 8.08. The van der Waals surface area contributed by atoms with Gasteiger partial charge < -0.3 is 14.4 Å². The number of rotatable bonds is 2. The van der Waals surface area contributed by atoms with Gasteiger partial charge in [0.15, 0.2) is 0 Å². The van der Waals surface area contributed by atoms with E-state index in [0.717, 1.165) is 16.6 Å². The fraction of sp³-hybridized carbons (Fsp3) is 0.409. The molecule has 6 heteroatoms. The van der Waals surface area contributed by atoms with Gasteiger partial charge in [-0.25, -0.2) is 4.98 Å². The summed E-state index contributed by atoms with van der Waals surface area (Å²) in [5, 5.41) is 0.967. The zero-order chi connectivity index (χ0) is 19.0. The molecule has 5 atom stereocenters. The standard InChI is InChI=1S/C22H20N2O4/c1-2-27-21(26)18-14-10-16-19-13(9-12-5-3-4-6-15(12)23-19)20(25)24(16)11-22(14)8-7-17(18)28-22/h3-9,14,16-18H,2,10-11H2,1H3/t14-,16+,17+,18-,22+/m0/s1. The first-order valence-electron chi connectivity index (χ1n) is 9.86. The molecule has 0 saturated carbocycles. The Labute approximate surface area is 162 Å². The van der Waals surface area contributed by atoms with E-state index in [1.807, 2.05) is 48.2 Å². The second kappa shape index (κ2) is 5.41. The van der Waals surface area contributed by atoms with Gasteiger partial charge in [0.25, 0.3) is 5.91 Å². The highest BCUT2D eigenvalue weighted by molar-refractivity contribution is 6.02. The molecule has 28 heavy (non-hydrogen) atoms. The van der Waals surface area contributed by atoms with Gasteiger partial charge in [0.2, 0.25) is 0 Å². The van der Waals surface area contributed by atoms with Crippen molar-refractivity contribution in [2.45, 2.75) is 31.1 Å². The molecule has 1 spiro atoms. The predicted octanol–water partition coefficient (Wildman–Crippen LogP) is 2.64. The molecule has 1 aromatic heterocycles. The van der Waals surface area contributed by atoms with Gasteiger partial charge in [-0.2, -0.15) is 0 Å². The molecule has 1 aromatic carbocycles. The Balaban J connectivity index is 1.43. The molecule has 0 aliphatic carbocycles. The molecule has 0 radical (unpaired) electrons. The summed E-state index contributed by atoms with van der Waals surface area (Å²) in [5.41, 5.74) is 1.80. The van der Waals surface area contributed by atoms with Gasteiger partial charge in [0.05, 0.1) is 48.0 Å². The summed E-state index contributed by atoms with van der Waals surface area (Å²) in [4.78, 5) is 32.5. The average molecular weight is 376 g/mol. The molecule has 6 nitrogen and oxygen atoms in total. The number of benzene rings is 1. The monoisotopic (exact) mass is 376 g/mol. The predicted molar refractivity (Wildman–Crippen MR) is 100 cm³/mol. The number of ether oxygens (including phenoxy) is 2. The van der Waals surface area contributed by atoms with Crippen molar-refractivity contribution in [2.24, 2.45) is 11.8 Å². The number of pyridine rings is 1. The van der Waals surface area contributed by atoms with Crippen LogP contribution in [0.3, 0.4) is 0 Å². The third-order valence-electron chi connectivity index (χ3n) is 6.73. The summed E-state index contributed by atoms with van der Waals surface area (Å²) >= 11 is 0. The highest BCUT2D eigenvalue weighted by Crippen LogP contribution is 2.56. The van der Waals surface area contributed by atoms with Crippen LogP contribution in [0, 0.1) is 11.8 Å². The number of hydrogen-bond acceptors (Lipinski definition) is 5.